The third kappa shape index (κ3) is 4.58. The maximum absolute atomic E-state index is 13.4. The smallest absolute Gasteiger partial charge is 0.200 e. The van der Waals surface area contributed by atoms with Crippen LogP contribution in [0.1, 0.15) is 23.3 Å². The van der Waals surface area contributed by atoms with Gasteiger partial charge in [0.15, 0.2) is 28.3 Å². The molecule has 0 spiro atoms. The molecule has 3 unspecified atom stereocenters. The van der Waals surface area contributed by atoms with E-state index < -0.39 is 124 Å². The molecule has 2 aliphatic heterocycles. The average Bonchev–Trinajstić information content (AvgIpc) is 2.95. The van der Waals surface area contributed by atoms with Crippen molar-refractivity contribution >= 4 is 11.0 Å². The van der Waals surface area contributed by atoms with E-state index in [0.717, 1.165) is 18.2 Å². The lowest BCUT2D eigenvalue weighted by atomic mass is 9.85. The van der Waals surface area contributed by atoms with Crippen LogP contribution in [0.5, 0.6) is 28.7 Å². The van der Waals surface area contributed by atoms with Crippen LogP contribution in [0.15, 0.2) is 27.4 Å². The summed E-state index contributed by atoms with van der Waals surface area (Å²) < 4.78 is 16.7. The highest BCUT2D eigenvalue weighted by atomic mass is 16.5. The molecule has 228 valence electrons. The zero-order chi connectivity index (χ0) is 30.8. The number of phenols is 5. The second-order valence-electron chi connectivity index (χ2n) is 10.1. The highest BCUT2D eigenvalue weighted by Crippen LogP contribution is 2.50. The van der Waals surface area contributed by atoms with Crippen molar-refractivity contribution in [2.24, 2.45) is 0 Å². The van der Waals surface area contributed by atoms with Crippen molar-refractivity contribution in [2.45, 2.75) is 54.9 Å². The number of aliphatic hydroxyl groups excluding tert-OH is 7. The molecule has 0 radical (unpaired) electrons. The molecule has 2 saturated heterocycles. The van der Waals surface area contributed by atoms with Gasteiger partial charge in [0.05, 0.1) is 24.3 Å². The van der Waals surface area contributed by atoms with E-state index in [2.05, 4.69) is 0 Å². The Morgan fingerprint density at radius 3 is 1.95 bits per heavy atom. The first kappa shape index (κ1) is 29.8. The Bertz CT molecular complexity index is 1540. The van der Waals surface area contributed by atoms with Gasteiger partial charge in [-0.05, 0) is 12.1 Å². The molecule has 0 amide bonds. The average molecular weight is 596 g/mol. The normalized spacial score (nSPS) is 31.8. The molecular formula is C26H28O16. The minimum atomic E-state index is -2.04. The van der Waals surface area contributed by atoms with Crippen molar-refractivity contribution in [3.63, 3.8) is 0 Å². The molecule has 0 aliphatic carbocycles. The Labute approximate surface area is 234 Å². The number of aromatic hydroxyl groups is 5. The Morgan fingerprint density at radius 2 is 1.33 bits per heavy atom. The van der Waals surface area contributed by atoms with E-state index in [9.17, 15) is 66.1 Å². The van der Waals surface area contributed by atoms with Crippen LogP contribution in [0.25, 0.3) is 22.3 Å². The number of ether oxygens (including phenoxy) is 2. The molecule has 3 aromatic rings. The van der Waals surface area contributed by atoms with Crippen molar-refractivity contribution in [1.82, 2.24) is 0 Å². The van der Waals surface area contributed by atoms with Crippen molar-refractivity contribution in [3.05, 3.63) is 39.5 Å². The lowest BCUT2D eigenvalue weighted by molar-refractivity contribution is -0.232. The molecule has 0 saturated carbocycles. The fourth-order valence-corrected chi connectivity index (χ4v) is 5.23. The Hall–Kier alpha value is -3.71. The van der Waals surface area contributed by atoms with Crippen LogP contribution >= 0.6 is 0 Å². The van der Waals surface area contributed by atoms with E-state index in [1.54, 1.807) is 0 Å². The minimum Gasteiger partial charge on any atom is -0.507 e. The number of fused-ring (bicyclic) bond motifs is 1. The fraction of sp³-hybridized carbons (Fsp3) is 0.423. The molecule has 12 N–H and O–H groups in total. The number of hydrogen-bond acceptors (Lipinski definition) is 16. The van der Waals surface area contributed by atoms with Gasteiger partial charge in [-0.2, -0.15) is 0 Å². The zero-order valence-corrected chi connectivity index (χ0v) is 21.3. The molecule has 3 heterocycles. The van der Waals surface area contributed by atoms with Crippen molar-refractivity contribution < 1.29 is 75.2 Å². The highest BCUT2D eigenvalue weighted by Gasteiger charge is 2.48. The van der Waals surface area contributed by atoms with Gasteiger partial charge in [0, 0.05) is 11.6 Å². The lowest BCUT2D eigenvalue weighted by Gasteiger charge is -2.41. The Kier molecular flexibility index (Phi) is 7.69. The van der Waals surface area contributed by atoms with Gasteiger partial charge in [0.1, 0.15) is 77.6 Å². The van der Waals surface area contributed by atoms with Crippen molar-refractivity contribution in [1.29, 1.82) is 0 Å². The first-order valence-electron chi connectivity index (χ1n) is 12.6. The van der Waals surface area contributed by atoms with Gasteiger partial charge in [-0.25, -0.2) is 0 Å². The maximum Gasteiger partial charge on any atom is 0.200 e. The molecule has 2 aliphatic rings. The van der Waals surface area contributed by atoms with Crippen molar-refractivity contribution in [2.75, 3.05) is 13.2 Å². The summed E-state index contributed by atoms with van der Waals surface area (Å²) in [4.78, 5) is 13.4. The van der Waals surface area contributed by atoms with E-state index in [1.807, 2.05) is 0 Å². The monoisotopic (exact) mass is 596 g/mol. The highest BCUT2D eigenvalue weighted by molar-refractivity contribution is 5.92. The number of hydrogen-bond donors (Lipinski definition) is 12. The largest absolute Gasteiger partial charge is 0.507 e. The predicted octanol–water partition coefficient (Wildman–Crippen LogP) is -2.34. The van der Waals surface area contributed by atoms with Crippen molar-refractivity contribution in [3.8, 4) is 40.1 Å². The molecule has 16 nitrogen and oxygen atoms in total. The quantitative estimate of drug-likeness (QED) is 0.140. The molecule has 2 fully saturated rings. The summed E-state index contributed by atoms with van der Waals surface area (Å²) in [6.07, 6.45) is -16.3. The van der Waals surface area contributed by atoms with Gasteiger partial charge >= 0.3 is 0 Å². The second-order valence-corrected chi connectivity index (χ2v) is 10.1. The van der Waals surface area contributed by atoms with Gasteiger partial charge in [-0.1, -0.05) is 0 Å². The van der Waals surface area contributed by atoms with Gasteiger partial charge in [0.25, 0.3) is 0 Å². The summed E-state index contributed by atoms with van der Waals surface area (Å²) in [5.41, 5.74) is -3.13. The number of rotatable bonds is 4. The molecule has 0 bridgehead atoms. The van der Waals surface area contributed by atoms with Crippen LogP contribution in [0.3, 0.4) is 0 Å². The van der Waals surface area contributed by atoms with Crippen LogP contribution in [0.2, 0.25) is 0 Å². The summed E-state index contributed by atoms with van der Waals surface area (Å²) >= 11 is 0. The molecule has 42 heavy (non-hydrogen) atoms. The topological polar surface area (TPSA) is 291 Å². The zero-order valence-electron chi connectivity index (χ0n) is 21.3. The summed E-state index contributed by atoms with van der Waals surface area (Å²) in [6, 6.07) is 2.65. The molecule has 9 atom stereocenters. The van der Waals surface area contributed by atoms with Crippen LogP contribution in [-0.2, 0) is 9.47 Å². The summed E-state index contributed by atoms with van der Waals surface area (Å²) in [5, 5.41) is 123. The van der Waals surface area contributed by atoms with Crippen LogP contribution in [0, 0.1) is 0 Å². The van der Waals surface area contributed by atoms with Gasteiger partial charge in [-0.15, -0.1) is 0 Å². The number of aliphatic hydroxyl groups is 7. The maximum atomic E-state index is 13.4. The SMILES string of the molecule is O=c1cc(-c2cc(O)c(O)c(O)c2)oc2c([C@@H]3OC[C@H](O)[C@H](O)C3O)c(O)c([C@@H]3OC(CO)[C@@H](O)[C@H](O)C3O)c(O)c12. The first-order valence-corrected chi connectivity index (χ1v) is 12.6. The van der Waals surface area contributed by atoms with Crippen LogP contribution in [0.4, 0.5) is 0 Å². The molecular weight excluding hydrogens is 568 g/mol. The Balaban J connectivity index is 1.82. The molecule has 16 heteroatoms. The minimum absolute atomic E-state index is 0.162. The van der Waals surface area contributed by atoms with Gasteiger partial charge in [-0.3, -0.25) is 4.79 Å². The van der Waals surface area contributed by atoms with E-state index >= 15 is 0 Å². The molecule has 1 aromatic heterocycles. The molecule has 2 aromatic carbocycles. The summed E-state index contributed by atoms with van der Waals surface area (Å²) in [6.45, 7) is -1.44. The van der Waals surface area contributed by atoms with E-state index in [0.29, 0.717) is 0 Å². The summed E-state index contributed by atoms with van der Waals surface area (Å²) in [7, 11) is 0. The molecule has 5 rings (SSSR count). The number of phenolic OH excluding ortho intramolecular Hbond substituents is 5. The summed E-state index contributed by atoms with van der Waals surface area (Å²) in [5.74, 6) is -4.88. The van der Waals surface area contributed by atoms with E-state index in [4.69, 9.17) is 13.9 Å². The Morgan fingerprint density at radius 1 is 0.714 bits per heavy atom. The van der Waals surface area contributed by atoms with Gasteiger partial charge in [0.2, 0.25) is 0 Å². The second kappa shape index (κ2) is 10.8. The number of benzene rings is 2. The predicted molar refractivity (Wildman–Crippen MR) is 136 cm³/mol. The third-order valence-corrected chi connectivity index (χ3v) is 7.51. The van der Waals surface area contributed by atoms with Crippen LogP contribution < -0.4 is 5.43 Å². The first-order chi connectivity index (χ1) is 19.8. The van der Waals surface area contributed by atoms with Gasteiger partial charge < -0.3 is 75.2 Å². The van der Waals surface area contributed by atoms with E-state index in [1.165, 1.54) is 0 Å². The lowest BCUT2D eigenvalue weighted by Crippen LogP contribution is -2.55. The standard InChI is InChI=1S/C26H28O16/c27-4-12-18(34)21(37)23(39)26(42-12)14-19(35)13-7(28)3-11(6-1-8(29)16(32)9(30)2-6)41-24(13)15(20(14)36)25-22(38)17(33)10(31)5-40-25/h1-3,10,12,17-18,21-23,25-27,29-39H,4-5H2/t10-,12?,17-,18+,21-,22?,23?,25-,26-/m0/s1. The van der Waals surface area contributed by atoms with E-state index in [-0.39, 0.29) is 11.3 Å². The van der Waals surface area contributed by atoms with Crippen LogP contribution in [-0.4, -0.2) is 117 Å². The third-order valence-electron chi connectivity index (χ3n) is 7.51. The fourth-order valence-electron chi connectivity index (χ4n) is 5.23.